The van der Waals surface area contributed by atoms with Gasteiger partial charge in [0, 0.05) is 48.0 Å². The molecule has 6 N–H and O–H groups in total. The summed E-state index contributed by atoms with van der Waals surface area (Å²) in [5.74, 6) is -3.42. The largest absolute Gasteiger partial charge is 0.493 e. The molecule has 0 amide bonds. The van der Waals surface area contributed by atoms with Crippen molar-refractivity contribution in [1.29, 1.82) is 0 Å². The number of carboxylic acid groups (broad SMARTS) is 4. The summed E-state index contributed by atoms with van der Waals surface area (Å²) in [6.45, 7) is 6.82. The van der Waals surface area contributed by atoms with Gasteiger partial charge in [0.2, 0.25) is 0 Å². The Morgan fingerprint density at radius 1 is 1.03 bits per heavy atom. The van der Waals surface area contributed by atoms with Gasteiger partial charge in [-0.25, -0.2) is 19.2 Å². The third-order valence-corrected chi connectivity index (χ3v) is 4.85. The van der Waals surface area contributed by atoms with Crippen molar-refractivity contribution >= 4 is 35.5 Å². The Morgan fingerprint density at radius 2 is 1.56 bits per heavy atom. The van der Waals surface area contributed by atoms with Crippen LogP contribution in [-0.2, 0) is 25.7 Å². The van der Waals surface area contributed by atoms with Crippen LogP contribution in [0.3, 0.4) is 0 Å². The summed E-state index contributed by atoms with van der Waals surface area (Å²) >= 11 is 6.13. The van der Waals surface area contributed by atoms with Gasteiger partial charge in [0.25, 0.3) is 0 Å². The Labute approximate surface area is 214 Å². The molecule has 2 rings (SSSR count). The Hall–Kier alpha value is -3.41. The highest BCUT2D eigenvalue weighted by Crippen LogP contribution is 2.27. The summed E-state index contributed by atoms with van der Waals surface area (Å²) in [4.78, 5) is 40.7. The third kappa shape index (κ3) is 17.1. The summed E-state index contributed by atoms with van der Waals surface area (Å²) in [6, 6.07) is 5.92. The van der Waals surface area contributed by atoms with E-state index >= 15 is 0 Å². The van der Waals surface area contributed by atoms with Crippen LogP contribution < -0.4 is 10.5 Å². The Bertz CT molecular complexity index is 853. The molecule has 1 saturated heterocycles. The van der Waals surface area contributed by atoms with Crippen LogP contribution in [0.2, 0.25) is 5.02 Å². The molecule has 200 valence electrons. The van der Waals surface area contributed by atoms with E-state index in [2.05, 4.69) is 11.8 Å². The number of rotatable bonds is 11. The second-order valence-electron chi connectivity index (χ2n) is 7.60. The number of likely N-dealkylation sites (tertiary alicyclic amines) is 1. The molecule has 11 nitrogen and oxygen atoms in total. The fourth-order valence-corrected chi connectivity index (χ4v) is 3.11. The number of nitrogens with two attached hydrogens (primary N) is 1. The molecular formula is C24H33ClN2O9. The van der Waals surface area contributed by atoms with Crippen LogP contribution in [0.15, 0.2) is 42.5 Å². The molecule has 0 aromatic heterocycles. The van der Waals surface area contributed by atoms with E-state index < -0.39 is 23.9 Å². The van der Waals surface area contributed by atoms with Gasteiger partial charge in [-0.2, -0.15) is 0 Å². The molecule has 1 heterocycles. The smallest absolute Gasteiger partial charge is 0.328 e. The molecule has 12 heteroatoms. The van der Waals surface area contributed by atoms with Gasteiger partial charge in [0.1, 0.15) is 5.75 Å². The number of carboxylic acids is 4. The van der Waals surface area contributed by atoms with Crippen molar-refractivity contribution in [2.24, 2.45) is 11.7 Å². The molecule has 0 spiro atoms. The van der Waals surface area contributed by atoms with E-state index in [9.17, 15) is 19.2 Å². The minimum Gasteiger partial charge on any atom is -0.493 e. The molecule has 0 saturated carbocycles. The molecule has 1 aromatic carbocycles. The first kappa shape index (κ1) is 32.6. The molecule has 1 atom stereocenters. The standard InChI is InChI=1S/C16H25ClN2O.2C4H4O4/c1-2-3-8-20-16-5-4-15(17)9-14(16)12-19-7-6-13(10-18)11-19;2*5-3(6)1-2-4(7)8/h4-5,9,13H,2-3,6-8,10-12,18H2,1H3;2*1-2H,(H,5,6)(H,7,8)/b;2*2-1+/t13-;;/m1../s1. The van der Waals surface area contributed by atoms with Gasteiger partial charge < -0.3 is 30.9 Å². The minimum absolute atomic E-state index is 0.558. The maximum atomic E-state index is 9.55. The fraction of sp³-hybridized carbons (Fsp3) is 0.417. The van der Waals surface area contributed by atoms with Gasteiger partial charge in [-0.15, -0.1) is 0 Å². The topological polar surface area (TPSA) is 188 Å². The van der Waals surface area contributed by atoms with Crippen LogP contribution in [0.5, 0.6) is 5.75 Å². The van der Waals surface area contributed by atoms with Crippen molar-refractivity contribution in [2.45, 2.75) is 32.7 Å². The lowest BCUT2D eigenvalue weighted by atomic mass is 10.1. The number of benzene rings is 1. The van der Waals surface area contributed by atoms with Crippen molar-refractivity contribution < 1.29 is 44.3 Å². The van der Waals surface area contributed by atoms with E-state index in [0.717, 1.165) is 56.4 Å². The van der Waals surface area contributed by atoms with Gasteiger partial charge in [0.15, 0.2) is 0 Å². The summed E-state index contributed by atoms with van der Waals surface area (Å²) in [5, 5.41) is 32.0. The molecule has 0 aliphatic carbocycles. The van der Waals surface area contributed by atoms with Crippen molar-refractivity contribution in [2.75, 3.05) is 26.2 Å². The zero-order chi connectivity index (χ0) is 27.5. The Kier molecular flexibility index (Phi) is 17.1. The van der Waals surface area contributed by atoms with E-state index in [0.29, 0.717) is 30.2 Å². The molecule has 0 radical (unpaired) electrons. The zero-order valence-electron chi connectivity index (χ0n) is 20.0. The molecule has 1 aliphatic rings. The Morgan fingerprint density at radius 3 is 1.97 bits per heavy atom. The van der Waals surface area contributed by atoms with Crippen LogP contribution in [0, 0.1) is 5.92 Å². The zero-order valence-corrected chi connectivity index (χ0v) is 20.8. The average molecular weight is 529 g/mol. The van der Waals surface area contributed by atoms with Crippen molar-refractivity contribution in [3.63, 3.8) is 0 Å². The van der Waals surface area contributed by atoms with E-state index in [1.807, 2.05) is 18.2 Å². The number of halogens is 1. The van der Waals surface area contributed by atoms with Crippen molar-refractivity contribution in [3.05, 3.63) is 53.1 Å². The summed E-state index contributed by atoms with van der Waals surface area (Å²) in [6.07, 6.45) is 5.66. The molecule has 0 unspecified atom stereocenters. The molecule has 1 aromatic rings. The average Bonchev–Trinajstić information content (AvgIpc) is 3.26. The highest BCUT2D eigenvalue weighted by Gasteiger charge is 2.22. The summed E-state index contributed by atoms with van der Waals surface area (Å²) in [7, 11) is 0. The van der Waals surface area contributed by atoms with Gasteiger partial charge >= 0.3 is 23.9 Å². The van der Waals surface area contributed by atoms with Gasteiger partial charge in [-0.3, -0.25) is 4.90 Å². The number of hydrogen-bond donors (Lipinski definition) is 5. The van der Waals surface area contributed by atoms with Crippen molar-refractivity contribution in [3.8, 4) is 5.75 Å². The lowest BCUT2D eigenvalue weighted by molar-refractivity contribution is -0.134. The highest BCUT2D eigenvalue weighted by atomic mass is 35.5. The van der Waals surface area contributed by atoms with E-state index in [4.69, 9.17) is 42.5 Å². The molecule has 1 fully saturated rings. The van der Waals surface area contributed by atoms with Crippen molar-refractivity contribution in [1.82, 2.24) is 4.90 Å². The van der Waals surface area contributed by atoms with E-state index in [1.165, 1.54) is 12.0 Å². The number of unbranched alkanes of at least 4 members (excludes halogenated alkanes) is 1. The number of aliphatic carboxylic acids is 4. The SMILES string of the molecule is CCCCOc1ccc(Cl)cc1CN1CC[C@H](CN)C1.O=C(O)/C=C/C(=O)O.O=C(O)/C=C/C(=O)O. The van der Waals surface area contributed by atoms with Gasteiger partial charge in [-0.1, -0.05) is 24.9 Å². The van der Waals surface area contributed by atoms with Crippen LogP contribution >= 0.6 is 11.6 Å². The predicted molar refractivity (Wildman–Crippen MR) is 133 cm³/mol. The van der Waals surface area contributed by atoms with Crippen LogP contribution in [0.4, 0.5) is 0 Å². The first-order chi connectivity index (χ1) is 17.0. The fourth-order valence-electron chi connectivity index (χ4n) is 2.91. The lowest BCUT2D eigenvalue weighted by Crippen LogP contribution is -2.23. The molecular weight excluding hydrogens is 496 g/mol. The number of ether oxygens (including phenoxy) is 1. The van der Waals surface area contributed by atoms with Gasteiger partial charge in [-0.05, 0) is 50.0 Å². The van der Waals surface area contributed by atoms with E-state index in [-0.39, 0.29) is 0 Å². The normalized spacial score (nSPS) is 15.0. The quantitative estimate of drug-likeness (QED) is 0.210. The maximum absolute atomic E-state index is 9.55. The third-order valence-electron chi connectivity index (χ3n) is 4.61. The van der Waals surface area contributed by atoms with E-state index in [1.54, 1.807) is 0 Å². The summed E-state index contributed by atoms with van der Waals surface area (Å²) in [5.41, 5.74) is 6.94. The number of hydrogen-bond acceptors (Lipinski definition) is 7. The van der Waals surface area contributed by atoms with Crippen LogP contribution in [-0.4, -0.2) is 75.4 Å². The van der Waals surface area contributed by atoms with Gasteiger partial charge in [0.05, 0.1) is 6.61 Å². The number of nitrogens with zero attached hydrogens (tertiary/aromatic N) is 1. The highest BCUT2D eigenvalue weighted by molar-refractivity contribution is 6.30. The van der Waals surface area contributed by atoms with Crippen LogP contribution in [0.25, 0.3) is 0 Å². The first-order valence-electron chi connectivity index (χ1n) is 11.1. The predicted octanol–water partition coefficient (Wildman–Crippen LogP) is 2.72. The maximum Gasteiger partial charge on any atom is 0.328 e. The molecule has 0 bridgehead atoms. The summed E-state index contributed by atoms with van der Waals surface area (Å²) < 4.78 is 5.89. The second-order valence-corrected chi connectivity index (χ2v) is 8.04. The molecule has 36 heavy (non-hydrogen) atoms. The minimum atomic E-state index is -1.26. The second kappa shape index (κ2) is 18.9. The number of carbonyl (C=O) groups is 4. The Balaban J connectivity index is 0.000000634. The molecule has 1 aliphatic heterocycles. The lowest BCUT2D eigenvalue weighted by Gasteiger charge is -2.18. The van der Waals surface area contributed by atoms with Crippen LogP contribution in [0.1, 0.15) is 31.7 Å². The monoisotopic (exact) mass is 528 g/mol. The first-order valence-corrected chi connectivity index (χ1v) is 11.5.